The molecule has 34 heavy (non-hydrogen) atoms. The van der Waals surface area contributed by atoms with E-state index in [2.05, 4.69) is 45.3 Å². The molecule has 1 fully saturated rings. The van der Waals surface area contributed by atoms with Crippen LogP contribution < -0.4 is 16.0 Å². The van der Waals surface area contributed by atoms with Crippen molar-refractivity contribution in [2.75, 3.05) is 49.2 Å². The number of hydrogen-bond acceptors (Lipinski definition) is 7. The Balaban J connectivity index is 1.39. The number of nitrogens with two attached hydrogens (primary N) is 1. The van der Waals surface area contributed by atoms with Gasteiger partial charge in [0.15, 0.2) is 0 Å². The smallest absolute Gasteiger partial charge is 0.255 e. The molecular formula is C26H26N6OS. The Labute approximate surface area is 202 Å². The van der Waals surface area contributed by atoms with Gasteiger partial charge in [-0.05, 0) is 48.8 Å². The third kappa shape index (κ3) is 4.37. The Morgan fingerprint density at radius 1 is 1.12 bits per heavy atom. The molecule has 4 aromatic rings. The number of nitrogen functional groups attached to an aromatic ring is 1. The molecule has 2 aromatic carbocycles. The van der Waals surface area contributed by atoms with Crippen molar-refractivity contribution >= 4 is 50.7 Å². The summed E-state index contributed by atoms with van der Waals surface area (Å²) in [6.07, 6.45) is 2.88. The third-order valence-corrected chi connectivity index (χ3v) is 7.30. The standard InChI is InChI=1S/C26H26N6OS/c1-31-8-10-32(11-9-31)24-7-6-20(16-29-24)30-26(33)18-12-19(15-27)25(28)21(13-18)23-14-17-4-2-3-5-22(17)34-23/h2-7,12-16,27H,8-11,28H2,1H3,(H,30,33). The van der Waals surface area contributed by atoms with E-state index in [1.807, 2.05) is 24.3 Å². The minimum Gasteiger partial charge on any atom is -0.398 e. The molecule has 0 spiro atoms. The van der Waals surface area contributed by atoms with Crippen LogP contribution in [0.25, 0.3) is 20.5 Å². The van der Waals surface area contributed by atoms with Crippen LogP contribution in [0.15, 0.2) is 60.8 Å². The van der Waals surface area contributed by atoms with Crippen LogP contribution in [-0.4, -0.2) is 55.2 Å². The van der Waals surface area contributed by atoms with E-state index in [1.54, 1.807) is 29.7 Å². The molecule has 0 saturated carbocycles. The van der Waals surface area contributed by atoms with Crippen molar-refractivity contribution in [2.24, 2.45) is 0 Å². The maximum Gasteiger partial charge on any atom is 0.255 e. The van der Waals surface area contributed by atoms with E-state index in [4.69, 9.17) is 11.1 Å². The number of hydrogen-bond donors (Lipinski definition) is 3. The first kappa shape index (κ1) is 22.1. The summed E-state index contributed by atoms with van der Waals surface area (Å²) >= 11 is 1.62. The van der Waals surface area contributed by atoms with Gasteiger partial charge in [0.1, 0.15) is 5.82 Å². The molecule has 8 heteroatoms. The average molecular weight is 471 g/mol. The van der Waals surface area contributed by atoms with Gasteiger partial charge in [-0.15, -0.1) is 11.3 Å². The highest BCUT2D eigenvalue weighted by Crippen LogP contribution is 2.38. The zero-order valence-electron chi connectivity index (χ0n) is 18.9. The number of carbonyl (C=O) groups excluding carboxylic acids is 1. The number of nitrogens with one attached hydrogen (secondary N) is 2. The fourth-order valence-corrected chi connectivity index (χ4v) is 5.22. The Morgan fingerprint density at radius 3 is 2.62 bits per heavy atom. The molecule has 1 saturated heterocycles. The van der Waals surface area contributed by atoms with Crippen LogP contribution in [0.4, 0.5) is 17.2 Å². The van der Waals surface area contributed by atoms with Crippen LogP contribution in [0.3, 0.4) is 0 Å². The molecule has 0 aliphatic carbocycles. The van der Waals surface area contributed by atoms with Gasteiger partial charge in [0, 0.05) is 64.3 Å². The summed E-state index contributed by atoms with van der Waals surface area (Å²) in [5.41, 5.74) is 9.22. The number of fused-ring (bicyclic) bond motifs is 1. The predicted octanol–water partition coefficient (Wildman–Crippen LogP) is 4.55. The minimum atomic E-state index is -0.264. The van der Waals surface area contributed by atoms with Crippen molar-refractivity contribution in [3.63, 3.8) is 0 Å². The molecule has 0 unspecified atom stereocenters. The second-order valence-corrected chi connectivity index (χ2v) is 9.55. The van der Waals surface area contributed by atoms with Gasteiger partial charge in [-0.1, -0.05) is 18.2 Å². The number of nitrogens with zero attached hydrogens (tertiary/aromatic N) is 3. The maximum absolute atomic E-state index is 13.1. The number of aromatic nitrogens is 1. The highest BCUT2D eigenvalue weighted by Gasteiger charge is 2.17. The summed E-state index contributed by atoms with van der Waals surface area (Å²) in [4.78, 5) is 23.2. The Kier molecular flexibility index (Phi) is 6.00. The average Bonchev–Trinajstić information content (AvgIpc) is 3.29. The molecule has 2 aromatic heterocycles. The summed E-state index contributed by atoms with van der Waals surface area (Å²) in [5, 5.41) is 11.8. The van der Waals surface area contributed by atoms with Gasteiger partial charge in [0.25, 0.3) is 5.91 Å². The number of rotatable bonds is 5. The molecule has 4 N–H and O–H groups in total. The van der Waals surface area contributed by atoms with E-state index in [0.717, 1.165) is 52.5 Å². The Morgan fingerprint density at radius 2 is 1.91 bits per heavy atom. The van der Waals surface area contributed by atoms with Gasteiger partial charge in [0.2, 0.25) is 0 Å². The van der Waals surface area contributed by atoms with Crippen LogP contribution in [0.2, 0.25) is 0 Å². The molecule has 0 radical (unpaired) electrons. The lowest BCUT2D eigenvalue weighted by Gasteiger charge is -2.33. The first-order valence-electron chi connectivity index (χ1n) is 11.2. The van der Waals surface area contributed by atoms with Crippen molar-refractivity contribution in [1.82, 2.24) is 9.88 Å². The van der Waals surface area contributed by atoms with Crippen LogP contribution in [0.1, 0.15) is 15.9 Å². The normalized spacial score (nSPS) is 14.3. The van der Waals surface area contributed by atoms with Crippen molar-refractivity contribution in [2.45, 2.75) is 0 Å². The van der Waals surface area contributed by atoms with Crippen molar-refractivity contribution in [1.29, 1.82) is 5.41 Å². The lowest BCUT2D eigenvalue weighted by Crippen LogP contribution is -2.44. The fraction of sp³-hybridized carbons (Fsp3) is 0.192. The molecule has 172 valence electrons. The number of anilines is 3. The Bertz CT molecular complexity index is 1320. The highest BCUT2D eigenvalue weighted by atomic mass is 32.1. The number of likely N-dealkylation sites (N-methyl/N-ethyl adjacent to an activating group) is 1. The fourth-order valence-electron chi connectivity index (χ4n) is 4.13. The second kappa shape index (κ2) is 9.24. The zero-order valence-corrected chi connectivity index (χ0v) is 19.7. The number of pyridine rings is 1. The van der Waals surface area contributed by atoms with Crippen molar-refractivity contribution in [3.8, 4) is 10.4 Å². The van der Waals surface area contributed by atoms with E-state index in [0.29, 0.717) is 22.5 Å². The predicted molar refractivity (Wildman–Crippen MR) is 141 cm³/mol. The van der Waals surface area contributed by atoms with E-state index < -0.39 is 0 Å². The summed E-state index contributed by atoms with van der Waals surface area (Å²) in [6, 6.07) is 17.5. The highest BCUT2D eigenvalue weighted by molar-refractivity contribution is 7.22. The van der Waals surface area contributed by atoms with E-state index in [1.165, 1.54) is 6.21 Å². The molecular weight excluding hydrogens is 444 g/mol. The minimum absolute atomic E-state index is 0.264. The number of piperazine rings is 1. The van der Waals surface area contributed by atoms with Gasteiger partial charge < -0.3 is 26.3 Å². The van der Waals surface area contributed by atoms with Crippen LogP contribution in [-0.2, 0) is 0 Å². The number of thiophene rings is 1. The van der Waals surface area contributed by atoms with E-state index in [-0.39, 0.29) is 5.91 Å². The van der Waals surface area contributed by atoms with Gasteiger partial charge >= 0.3 is 0 Å². The number of carbonyl (C=O) groups is 1. The molecule has 1 amide bonds. The largest absolute Gasteiger partial charge is 0.398 e. The first-order chi connectivity index (χ1) is 16.5. The molecule has 0 atom stereocenters. The van der Waals surface area contributed by atoms with Crippen LogP contribution >= 0.6 is 11.3 Å². The molecule has 1 aliphatic heterocycles. The molecule has 5 rings (SSSR count). The quantitative estimate of drug-likeness (QED) is 0.294. The summed E-state index contributed by atoms with van der Waals surface area (Å²) in [7, 11) is 2.12. The van der Waals surface area contributed by atoms with Gasteiger partial charge in [0.05, 0.1) is 11.9 Å². The third-order valence-electron chi connectivity index (χ3n) is 6.15. The summed E-state index contributed by atoms with van der Waals surface area (Å²) < 4.78 is 1.15. The summed E-state index contributed by atoms with van der Waals surface area (Å²) in [6.45, 7) is 3.89. The Hall–Kier alpha value is -3.75. The monoisotopic (exact) mass is 470 g/mol. The van der Waals surface area contributed by atoms with E-state index in [9.17, 15) is 4.79 Å². The lowest BCUT2D eigenvalue weighted by molar-refractivity contribution is 0.102. The topological polar surface area (TPSA) is 98.3 Å². The second-order valence-electron chi connectivity index (χ2n) is 8.47. The van der Waals surface area contributed by atoms with E-state index >= 15 is 0 Å². The van der Waals surface area contributed by atoms with Crippen molar-refractivity contribution in [3.05, 3.63) is 71.9 Å². The number of amides is 1. The van der Waals surface area contributed by atoms with Crippen LogP contribution in [0, 0.1) is 5.41 Å². The lowest BCUT2D eigenvalue weighted by atomic mass is 10.0. The van der Waals surface area contributed by atoms with Crippen LogP contribution in [0.5, 0.6) is 0 Å². The van der Waals surface area contributed by atoms with Gasteiger partial charge in [-0.25, -0.2) is 4.98 Å². The SMILES string of the molecule is CN1CCN(c2ccc(NC(=O)c3cc(C=N)c(N)c(-c4cc5ccccc5s4)c3)cn2)CC1. The maximum atomic E-state index is 13.1. The molecule has 3 heterocycles. The van der Waals surface area contributed by atoms with Gasteiger partial charge in [-0.3, -0.25) is 4.79 Å². The number of benzene rings is 2. The van der Waals surface area contributed by atoms with Crippen molar-refractivity contribution < 1.29 is 4.79 Å². The molecule has 7 nitrogen and oxygen atoms in total. The molecule has 0 bridgehead atoms. The summed E-state index contributed by atoms with van der Waals surface area (Å²) in [5.74, 6) is 0.649. The zero-order chi connectivity index (χ0) is 23.7. The first-order valence-corrected chi connectivity index (χ1v) is 12.0. The van der Waals surface area contributed by atoms with Gasteiger partial charge in [-0.2, -0.15) is 0 Å². The molecule has 1 aliphatic rings.